The van der Waals surface area contributed by atoms with E-state index in [0.29, 0.717) is 6.04 Å². The predicted octanol–water partition coefficient (Wildman–Crippen LogP) is 1.07. The van der Waals surface area contributed by atoms with E-state index in [-0.39, 0.29) is 0 Å². The zero-order valence-electron chi connectivity index (χ0n) is 8.00. The van der Waals surface area contributed by atoms with Crippen molar-refractivity contribution < 1.29 is 0 Å². The van der Waals surface area contributed by atoms with Crippen molar-refractivity contribution in [3.8, 4) is 0 Å². The van der Waals surface area contributed by atoms with Crippen molar-refractivity contribution in [2.75, 3.05) is 20.1 Å². The highest BCUT2D eigenvalue weighted by atomic mass is 15.1. The lowest BCUT2D eigenvalue weighted by atomic mass is 9.80. The summed E-state index contributed by atoms with van der Waals surface area (Å²) in [6, 6.07) is 0.518. The van der Waals surface area contributed by atoms with Crippen LogP contribution in [0.3, 0.4) is 0 Å². The quantitative estimate of drug-likeness (QED) is 0.680. The molecule has 0 bridgehead atoms. The van der Waals surface area contributed by atoms with Crippen molar-refractivity contribution in [1.82, 2.24) is 4.90 Å². The molecule has 2 fully saturated rings. The fraction of sp³-hybridized carbons (Fsp3) is 1.00. The van der Waals surface area contributed by atoms with Gasteiger partial charge in [-0.1, -0.05) is 0 Å². The third-order valence-electron chi connectivity index (χ3n) is 3.11. The molecule has 0 aromatic rings. The number of hydrogen-bond donors (Lipinski definition) is 1. The summed E-state index contributed by atoms with van der Waals surface area (Å²) in [5.74, 6) is 1.94. The van der Waals surface area contributed by atoms with Crippen LogP contribution < -0.4 is 5.73 Å². The lowest BCUT2D eigenvalue weighted by Crippen LogP contribution is -2.42. The lowest BCUT2D eigenvalue weighted by Gasteiger charge is -2.35. The van der Waals surface area contributed by atoms with Gasteiger partial charge in [0.15, 0.2) is 0 Å². The highest BCUT2D eigenvalue weighted by molar-refractivity contribution is 4.85. The summed E-state index contributed by atoms with van der Waals surface area (Å²) in [5.41, 5.74) is 5.74. The second-order valence-electron chi connectivity index (χ2n) is 4.76. The smallest absolute Gasteiger partial charge is 0.00450 e. The minimum atomic E-state index is 0.518. The minimum absolute atomic E-state index is 0.518. The van der Waals surface area contributed by atoms with Gasteiger partial charge < -0.3 is 10.6 Å². The number of nitrogens with two attached hydrogens (primary N) is 1. The van der Waals surface area contributed by atoms with E-state index in [9.17, 15) is 0 Å². The Labute approximate surface area is 75.1 Å². The standard InChI is InChI=1S/C10H20N2/c1-12(6-8-2-3-8)7-9-4-10(11)5-9/h8-10H,2-7,11H2,1H3. The predicted molar refractivity (Wildman–Crippen MR) is 50.9 cm³/mol. The Morgan fingerprint density at radius 2 is 1.75 bits per heavy atom. The molecule has 0 saturated heterocycles. The molecular formula is C10H20N2. The molecule has 0 aromatic carbocycles. The van der Waals surface area contributed by atoms with Crippen molar-refractivity contribution in [1.29, 1.82) is 0 Å². The van der Waals surface area contributed by atoms with Gasteiger partial charge in [-0.2, -0.15) is 0 Å². The van der Waals surface area contributed by atoms with Crippen molar-refractivity contribution in [3.05, 3.63) is 0 Å². The maximum atomic E-state index is 5.74. The topological polar surface area (TPSA) is 29.3 Å². The molecular weight excluding hydrogens is 148 g/mol. The van der Waals surface area contributed by atoms with E-state index >= 15 is 0 Å². The largest absolute Gasteiger partial charge is 0.328 e. The number of rotatable bonds is 4. The Morgan fingerprint density at radius 3 is 2.25 bits per heavy atom. The maximum absolute atomic E-state index is 5.74. The molecule has 2 aliphatic carbocycles. The van der Waals surface area contributed by atoms with Crippen LogP contribution in [0.1, 0.15) is 25.7 Å². The molecule has 2 saturated carbocycles. The van der Waals surface area contributed by atoms with E-state index in [1.165, 1.54) is 38.8 Å². The number of hydrogen-bond acceptors (Lipinski definition) is 2. The monoisotopic (exact) mass is 168 g/mol. The zero-order chi connectivity index (χ0) is 8.55. The Bertz CT molecular complexity index is 148. The van der Waals surface area contributed by atoms with Gasteiger partial charge in [-0.3, -0.25) is 0 Å². The molecule has 0 spiro atoms. The zero-order valence-corrected chi connectivity index (χ0v) is 8.00. The fourth-order valence-corrected chi connectivity index (χ4v) is 2.19. The first-order valence-electron chi connectivity index (χ1n) is 5.18. The van der Waals surface area contributed by atoms with E-state index in [4.69, 9.17) is 5.73 Å². The molecule has 70 valence electrons. The molecule has 0 radical (unpaired) electrons. The van der Waals surface area contributed by atoms with Gasteiger partial charge in [0.25, 0.3) is 0 Å². The van der Waals surface area contributed by atoms with E-state index in [1.807, 2.05) is 0 Å². The normalized spacial score (nSPS) is 35.2. The van der Waals surface area contributed by atoms with E-state index in [2.05, 4.69) is 11.9 Å². The van der Waals surface area contributed by atoms with Gasteiger partial charge in [0.2, 0.25) is 0 Å². The molecule has 0 unspecified atom stereocenters. The Morgan fingerprint density at radius 1 is 1.17 bits per heavy atom. The summed E-state index contributed by atoms with van der Waals surface area (Å²) in [7, 11) is 2.25. The van der Waals surface area contributed by atoms with Crippen molar-refractivity contribution in [2.45, 2.75) is 31.7 Å². The van der Waals surface area contributed by atoms with Gasteiger partial charge in [0.1, 0.15) is 0 Å². The van der Waals surface area contributed by atoms with Crippen LogP contribution in [0.15, 0.2) is 0 Å². The van der Waals surface area contributed by atoms with Crippen LogP contribution in [0.4, 0.5) is 0 Å². The summed E-state index contributed by atoms with van der Waals surface area (Å²) in [6.45, 7) is 2.61. The van der Waals surface area contributed by atoms with E-state index in [1.54, 1.807) is 0 Å². The molecule has 0 aliphatic heterocycles. The molecule has 2 aliphatic rings. The molecule has 12 heavy (non-hydrogen) atoms. The third-order valence-corrected chi connectivity index (χ3v) is 3.11. The fourth-order valence-electron chi connectivity index (χ4n) is 2.19. The van der Waals surface area contributed by atoms with Crippen LogP contribution in [0.25, 0.3) is 0 Å². The Balaban J connectivity index is 1.58. The summed E-state index contributed by atoms with van der Waals surface area (Å²) in [5, 5.41) is 0. The molecule has 2 N–H and O–H groups in total. The average Bonchev–Trinajstić information content (AvgIpc) is 2.68. The van der Waals surface area contributed by atoms with Crippen LogP contribution in [0.2, 0.25) is 0 Å². The highest BCUT2D eigenvalue weighted by Gasteiger charge is 2.28. The van der Waals surface area contributed by atoms with Crippen LogP contribution in [-0.2, 0) is 0 Å². The van der Waals surface area contributed by atoms with Gasteiger partial charge in [-0.25, -0.2) is 0 Å². The van der Waals surface area contributed by atoms with Crippen LogP contribution >= 0.6 is 0 Å². The van der Waals surface area contributed by atoms with Crippen molar-refractivity contribution in [3.63, 3.8) is 0 Å². The summed E-state index contributed by atoms with van der Waals surface area (Å²) >= 11 is 0. The molecule has 0 amide bonds. The van der Waals surface area contributed by atoms with Crippen LogP contribution in [0.5, 0.6) is 0 Å². The average molecular weight is 168 g/mol. The first-order chi connectivity index (χ1) is 5.74. The van der Waals surface area contributed by atoms with E-state index < -0.39 is 0 Å². The Kier molecular flexibility index (Phi) is 2.37. The molecule has 2 rings (SSSR count). The van der Waals surface area contributed by atoms with Gasteiger partial charge >= 0.3 is 0 Å². The lowest BCUT2D eigenvalue weighted by molar-refractivity contribution is 0.179. The Hall–Kier alpha value is -0.0800. The second-order valence-corrected chi connectivity index (χ2v) is 4.76. The summed E-state index contributed by atoms with van der Waals surface area (Å²) in [4.78, 5) is 2.49. The SMILES string of the molecule is CN(CC1CC1)CC1CC(N)C1. The highest BCUT2D eigenvalue weighted by Crippen LogP contribution is 2.31. The molecule has 2 heteroatoms. The van der Waals surface area contributed by atoms with E-state index in [0.717, 1.165) is 11.8 Å². The number of nitrogens with zero attached hydrogens (tertiary/aromatic N) is 1. The molecule has 2 nitrogen and oxygen atoms in total. The van der Waals surface area contributed by atoms with Gasteiger partial charge in [-0.15, -0.1) is 0 Å². The van der Waals surface area contributed by atoms with Gasteiger partial charge in [0.05, 0.1) is 0 Å². The molecule has 0 atom stereocenters. The second kappa shape index (κ2) is 3.35. The summed E-state index contributed by atoms with van der Waals surface area (Å²) in [6.07, 6.45) is 5.45. The van der Waals surface area contributed by atoms with Gasteiger partial charge in [-0.05, 0) is 44.6 Å². The third kappa shape index (κ3) is 2.20. The van der Waals surface area contributed by atoms with Crippen molar-refractivity contribution >= 4 is 0 Å². The first-order valence-corrected chi connectivity index (χ1v) is 5.18. The summed E-state index contributed by atoms with van der Waals surface area (Å²) < 4.78 is 0. The van der Waals surface area contributed by atoms with Crippen LogP contribution in [0, 0.1) is 11.8 Å². The molecule has 0 heterocycles. The minimum Gasteiger partial charge on any atom is -0.328 e. The van der Waals surface area contributed by atoms with Crippen molar-refractivity contribution in [2.24, 2.45) is 17.6 Å². The van der Waals surface area contributed by atoms with Crippen LogP contribution in [-0.4, -0.2) is 31.1 Å². The molecule has 0 aromatic heterocycles. The first kappa shape index (κ1) is 8.52. The van der Waals surface area contributed by atoms with Gasteiger partial charge in [0, 0.05) is 19.1 Å². The maximum Gasteiger partial charge on any atom is 0.00450 e.